The molecule has 0 N–H and O–H groups in total. The molecular weight excluding hydrogens is 964 g/mol. The van der Waals surface area contributed by atoms with Crippen LogP contribution in [-0.4, -0.2) is 88.2 Å². The van der Waals surface area contributed by atoms with Crippen molar-refractivity contribution in [1.82, 2.24) is 19.9 Å². The first kappa shape index (κ1) is 50.6. The summed E-state index contributed by atoms with van der Waals surface area (Å²) in [7, 11) is 3.05. The lowest BCUT2D eigenvalue weighted by Gasteiger charge is -2.48. The summed E-state index contributed by atoms with van der Waals surface area (Å²) in [5, 5.41) is 0.0157. The van der Waals surface area contributed by atoms with Crippen LogP contribution in [0.3, 0.4) is 0 Å². The monoisotopic (exact) mass is 1020 g/mol. The fourth-order valence-electron chi connectivity index (χ4n) is 11.0. The van der Waals surface area contributed by atoms with Crippen molar-refractivity contribution in [3.05, 3.63) is 124 Å². The van der Waals surface area contributed by atoms with Crippen LogP contribution < -0.4 is 28.7 Å². The first-order chi connectivity index (χ1) is 35.2. The van der Waals surface area contributed by atoms with E-state index in [1.54, 1.807) is 86.0 Å². The number of hydrogen-bond acceptors (Lipinski definition) is 12. The number of nitrogens with zero attached hydrogens (tertiary/aromatic N) is 6. The molecule has 390 valence electrons. The maximum Gasteiger partial charge on any atom is 0.417 e. The number of fused-ring (bicyclic) bond motifs is 5. The number of methoxy groups -OCH3 is 2. The molecule has 3 fully saturated rings. The van der Waals surface area contributed by atoms with Gasteiger partial charge in [-0.05, 0) is 120 Å². The van der Waals surface area contributed by atoms with Gasteiger partial charge in [-0.2, -0.15) is 23.1 Å². The van der Waals surface area contributed by atoms with Gasteiger partial charge in [0.25, 0.3) is 0 Å². The number of amides is 1. The van der Waals surface area contributed by atoms with E-state index in [1.807, 2.05) is 42.2 Å². The minimum atomic E-state index is -5.19. The Morgan fingerprint density at radius 3 is 2.08 bits per heavy atom. The summed E-state index contributed by atoms with van der Waals surface area (Å²) >= 11 is 0. The summed E-state index contributed by atoms with van der Waals surface area (Å²) in [6, 6.07) is 23.0. The number of piperazine rings is 1. The van der Waals surface area contributed by atoms with E-state index in [-0.39, 0.29) is 54.5 Å². The standard InChI is InChI=1S/C56H59F5N6O7/c1-31-44(56(59,60)61)39(26-41(45(31)57)65(27-33-14-19-37(69-7)20-15-33)28-34-16-21-38(70-8)22-17-34)47-46(58)48-43-50(64-52(63-48)73-55(6)25-24-42(55)71-30-35-12-10-9-11-13-35)66-29-36-18-23-40(49(66)32(2)72-51(43)62-47)67(36)53(68)74-54(3,4)5/h9-17,19-22,26,32,36,40,42,49H,18,23-25,27-30H2,1-8H3/t32-,36+,40-,42+,49+,55-/m0/s1. The van der Waals surface area contributed by atoms with Crippen molar-refractivity contribution in [3.8, 4) is 34.6 Å². The van der Waals surface area contributed by atoms with Gasteiger partial charge in [0, 0.05) is 25.2 Å². The molecule has 0 radical (unpaired) electrons. The number of pyridine rings is 1. The number of anilines is 2. The fraction of sp³-hybridized carbons (Fsp3) is 0.429. The third-order valence-corrected chi connectivity index (χ3v) is 14.7. The van der Waals surface area contributed by atoms with Crippen molar-refractivity contribution < 1.29 is 55.2 Å². The highest BCUT2D eigenvalue weighted by molar-refractivity contribution is 5.98. The Morgan fingerprint density at radius 1 is 0.851 bits per heavy atom. The molecule has 6 atom stereocenters. The van der Waals surface area contributed by atoms with Gasteiger partial charge in [0.1, 0.15) is 57.0 Å². The predicted octanol–water partition coefficient (Wildman–Crippen LogP) is 11.8. The first-order valence-electron chi connectivity index (χ1n) is 24.9. The van der Waals surface area contributed by atoms with Crippen LogP contribution in [0.5, 0.6) is 23.4 Å². The minimum absolute atomic E-state index is 0.0157. The van der Waals surface area contributed by atoms with Gasteiger partial charge >= 0.3 is 18.3 Å². The lowest BCUT2D eigenvalue weighted by atomic mass is 9.78. The van der Waals surface area contributed by atoms with E-state index in [1.165, 1.54) is 14.2 Å². The lowest BCUT2D eigenvalue weighted by Crippen LogP contribution is -2.65. The van der Waals surface area contributed by atoms with E-state index in [4.69, 9.17) is 33.4 Å². The smallest absolute Gasteiger partial charge is 0.417 e. The second-order valence-corrected chi connectivity index (χ2v) is 20.8. The van der Waals surface area contributed by atoms with Gasteiger partial charge in [-0.25, -0.2) is 18.6 Å². The van der Waals surface area contributed by atoms with Crippen molar-refractivity contribution in [2.45, 2.75) is 135 Å². The number of halogens is 5. The Bertz CT molecular complexity index is 3020. The number of carbonyl (C=O) groups is 1. The molecule has 0 spiro atoms. The third-order valence-electron chi connectivity index (χ3n) is 14.7. The van der Waals surface area contributed by atoms with Crippen molar-refractivity contribution in [2.24, 2.45) is 0 Å². The number of alkyl halides is 3. The highest BCUT2D eigenvalue weighted by Gasteiger charge is 2.54. The SMILES string of the molecule is COc1ccc(CN(Cc2ccc(OC)cc2)c2cc(-c3nc4c5c(nc(O[C@@]6(C)CC[C@H]6OCc6ccccc6)nc5c3F)N3C[C@H]5CC[C@@H]([C@H]3[C@H](C)O4)N5C(=O)OC(C)(C)C)c(C(F)(F)F)c(C)c2F)cc1. The number of aromatic nitrogens is 3. The summed E-state index contributed by atoms with van der Waals surface area (Å²) in [4.78, 5) is 33.5. The van der Waals surface area contributed by atoms with E-state index in [9.17, 15) is 4.79 Å². The van der Waals surface area contributed by atoms with Crippen molar-refractivity contribution in [2.75, 3.05) is 30.6 Å². The first-order valence-corrected chi connectivity index (χ1v) is 24.9. The van der Waals surface area contributed by atoms with E-state index in [2.05, 4.69) is 9.97 Å². The average molecular weight is 1020 g/mol. The van der Waals surface area contributed by atoms with Crippen LogP contribution in [-0.2, 0) is 35.3 Å². The summed E-state index contributed by atoms with van der Waals surface area (Å²) in [6.07, 6.45) is -4.48. The molecule has 13 nitrogen and oxygen atoms in total. The van der Waals surface area contributed by atoms with Gasteiger partial charge in [-0.1, -0.05) is 54.6 Å². The summed E-state index contributed by atoms with van der Waals surface area (Å²) in [6.45, 7) is 10.6. The predicted molar refractivity (Wildman–Crippen MR) is 268 cm³/mol. The molecule has 2 saturated heterocycles. The number of hydrogen-bond donors (Lipinski definition) is 0. The molecule has 0 unspecified atom stereocenters. The zero-order valence-electron chi connectivity index (χ0n) is 42.6. The van der Waals surface area contributed by atoms with Gasteiger partial charge in [0.05, 0.1) is 56.3 Å². The van der Waals surface area contributed by atoms with Crippen LogP contribution in [0.4, 0.5) is 38.3 Å². The number of benzene rings is 4. The van der Waals surface area contributed by atoms with Crippen LogP contribution in [0.25, 0.3) is 22.2 Å². The van der Waals surface area contributed by atoms with E-state index in [0.29, 0.717) is 54.9 Å². The highest BCUT2D eigenvalue weighted by Crippen LogP contribution is 2.50. The zero-order chi connectivity index (χ0) is 52.4. The fourth-order valence-corrected chi connectivity index (χ4v) is 11.0. The molecule has 6 aromatic rings. The minimum Gasteiger partial charge on any atom is -0.497 e. The Balaban J connectivity index is 1.14. The maximum absolute atomic E-state index is 18.2. The van der Waals surface area contributed by atoms with Crippen LogP contribution in [0, 0.1) is 18.6 Å². The molecule has 3 aliphatic heterocycles. The molecule has 5 heterocycles. The molecule has 4 aromatic carbocycles. The molecule has 18 heteroatoms. The quantitative estimate of drug-likeness (QED) is 0.102. The van der Waals surface area contributed by atoms with Crippen LogP contribution in [0.15, 0.2) is 84.9 Å². The Morgan fingerprint density at radius 2 is 1.50 bits per heavy atom. The molecule has 1 amide bonds. The topological polar surface area (TPSA) is 121 Å². The molecule has 2 aromatic heterocycles. The Labute approximate surface area is 426 Å². The van der Waals surface area contributed by atoms with Crippen molar-refractivity contribution in [1.29, 1.82) is 0 Å². The average Bonchev–Trinajstić information content (AvgIpc) is 3.61. The second-order valence-electron chi connectivity index (χ2n) is 20.8. The van der Waals surface area contributed by atoms with Crippen LogP contribution >= 0.6 is 0 Å². The molecular formula is C56H59F5N6O7. The van der Waals surface area contributed by atoms with Gasteiger partial charge in [0.2, 0.25) is 5.88 Å². The molecule has 1 saturated carbocycles. The largest absolute Gasteiger partial charge is 0.497 e. The van der Waals surface area contributed by atoms with Crippen LogP contribution in [0.2, 0.25) is 0 Å². The van der Waals surface area contributed by atoms with E-state index < -0.39 is 87.3 Å². The molecule has 10 rings (SSSR count). The molecule has 74 heavy (non-hydrogen) atoms. The van der Waals surface area contributed by atoms with Crippen LogP contribution in [0.1, 0.15) is 88.1 Å². The highest BCUT2D eigenvalue weighted by atomic mass is 19.4. The molecule has 1 aliphatic carbocycles. The summed E-state index contributed by atoms with van der Waals surface area (Å²) < 4.78 is 119. The third kappa shape index (κ3) is 9.56. The normalized spacial score (nSPS) is 22.1. The number of carbonyl (C=O) groups excluding carboxylic acids is 1. The van der Waals surface area contributed by atoms with Gasteiger partial charge < -0.3 is 38.2 Å². The Kier molecular flexibility index (Phi) is 13.3. The van der Waals surface area contributed by atoms with E-state index >= 15 is 22.0 Å². The zero-order valence-corrected chi connectivity index (χ0v) is 42.6. The van der Waals surface area contributed by atoms with Gasteiger partial charge in [-0.15, -0.1) is 0 Å². The van der Waals surface area contributed by atoms with Crippen molar-refractivity contribution >= 4 is 28.5 Å². The Hall–Kier alpha value is -6.95. The van der Waals surface area contributed by atoms with Gasteiger partial charge in [0.15, 0.2) is 5.82 Å². The lowest BCUT2D eigenvalue weighted by molar-refractivity contribution is -0.154. The summed E-state index contributed by atoms with van der Waals surface area (Å²) in [5.41, 5.74) is -3.73. The number of rotatable bonds is 13. The van der Waals surface area contributed by atoms with Gasteiger partial charge in [-0.3, -0.25) is 4.90 Å². The second kappa shape index (κ2) is 19.4. The van der Waals surface area contributed by atoms with E-state index in [0.717, 1.165) is 18.6 Å². The van der Waals surface area contributed by atoms with Crippen molar-refractivity contribution in [3.63, 3.8) is 0 Å². The summed E-state index contributed by atoms with van der Waals surface area (Å²) in [5.74, 6) is -1.26. The number of ether oxygens (including phenoxy) is 6. The maximum atomic E-state index is 18.2. The molecule has 2 bridgehead atoms. The molecule has 4 aliphatic rings.